The third-order valence-corrected chi connectivity index (χ3v) is 2.29. The molecule has 1 aromatic carbocycles. The first-order valence-electron chi connectivity index (χ1n) is 5.59. The van der Waals surface area contributed by atoms with E-state index in [1.54, 1.807) is 0 Å². The summed E-state index contributed by atoms with van der Waals surface area (Å²) >= 11 is 11.0. The molecule has 0 amide bonds. The van der Waals surface area contributed by atoms with Crippen LogP contribution in [-0.2, 0) is 0 Å². The number of allylic oxidation sites excluding steroid dienone is 1. The summed E-state index contributed by atoms with van der Waals surface area (Å²) in [6, 6.07) is 10.1. The molecule has 96 valence electrons. The van der Waals surface area contributed by atoms with Gasteiger partial charge in [0.15, 0.2) is 5.11 Å². The summed E-state index contributed by atoms with van der Waals surface area (Å²) in [6.07, 6.45) is 3.34. The molecule has 0 radical (unpaired) electrons. The molecule has 0 unspecified atom stereocenters. The normalized spacial score (nSPS) is 11.9. The highest BCUT2D eigenvalue weighted by Crippen LogP contribution is 2.07. The van der Waals surface area contributed by atoms with Gasteiger partial charge >= 0.3 is 0 Å². The van der Waals surface area contributed by atoms with Gasteiger partial charge < -0.3 is 5.32 Å². The highest BCUT2D eigenvalue weighted by atomic mass is 35.5. The zero-order valence-electron chi connectivity index (χ0n) is 10.4. The zero-order chi connectivity index (χ0) is 13.4. The Balaban J connectivity index is 2.47. The Labute approximate surface area is 118 Å². The van der Waals surface area contributed by atoms with E-state index in [-0.39, 0.29) is 6.04 Å². The molecule has 0 heterocycles. The van der Waals surface area contributed by atoms with Crippen LogP contribution in [0, 0.1) is 0 Å². The van der Waals surface area contributed by atoms with Gasteiger partial charge in [-0.2, -0.15) is 5.10 Å². The van der Waals surface area contributed by atoms with E-state index in [1.807, 2.05) is 50.3 Å². The molecular weight excluding hydrogens is 266 g/mol. The van der Waals surface area contributed by atoms with Crippen molar-refractivity contribution in [3.8, 4) is 0 Å². The number of nitrogens with zero attached hydrogens (tertiary/aromatic N) is 1. The fraction of sp³-hybridized carbons (Fsp3) is 0.231. The van der Waals surface area contributed by atoms with Gasteiger partial charge in [-0.3, -0.25) is 5.43 Å². The predicted octanol–water partition coefficient (Wildman–Crippen LogP) is 3.12. The first-order valence-corrected chi connectivity index (χ1v) is 6.38. The van der Waals surface area contributed by atoms with Gasteiger partial charge in [0.2, 0.25) is 0 Å². The molecule has 2 N–H and O–H groups in total. The standard InChI is InChI=1S/C13H16ClN3S/c1-10(2)16-13(18)17-15-9-12(14)8-11-6-4-3-5-7-11/h3-10H,1-2H3,(H2,16,17,18)/b12-8-,15-9-. The van der Waals surface area contributed by atoms with Crippen LogP contribution in [0.4, 0.5) is 0 Å². The number of nitrogens with one attached hydrogen (secondary N) is 2. The fourth-order valence-electron chi connectivity index (χ4n) is 1.19. The summed E-state index contributed by atoms with van der Waals surface area (Å²) in [5.74, 6) is 0. The van der Waals surface area contributed by atoms with Crippen LogP contribution >= 0.6 is 23.8 Å². The SMILES string of the molecule is CC(C)NC(=S)N/N=C\C(Cl)=C\c1ccccc1. The number of hydrogen-bond donors (Lipinski definition) is 2. The van der Waals surface area contributed by atoms with E-state index in [4.69, 9.17) is 23.8 Å². The molecule has 0 aliphatic carbocycles. The lowest BCUT2D eigenvalue weighted by molar-refractivity contribution is 0.720. The molecule has 0 atom stereocenters. The molecule has 1 rings (SSSR count). The number of benzene rings is 1. The van der Waals surface area contributed by atoms with Gasteiger partial charge in [0.05, 0.1) is 11.2 Å². The molecule has 18 heavy (non-hydrogen) atoms. The van der Waals surface area contributed by atoms with Crippen LogP contribution in [0.2, 0.25) is 0 Å². The van der Waals surface area contributed by atoms with Gasteiger partial charge in [0.25, 0.3) is 0 Å². The van der Waals surface area contributed by atoms with Gasteiger partial charge in [-0.05, 0) is 37.7 Å². The highest BCUT2D eigenvalue weighted by molar-refractivity contribution is 7.80. The van der Waals surface area contributed by atoms with Gasteiger partial charge in [-0.1, -0.05) is 41.9 Å². The Kier molecular flexibility index (Phi) is 6.39. The first kappa shape index (κ1) is 14.7. The summed E-state index contributed by atoms with van der Waals surface area (Å²) in [5.41, 5.74) is 3.72. The van der Waals surface area contributed by atoms with Crippen LogP contribution in [0.15, 0.2) is 40.5 Å². The lowest BCUT2D eigenvalue weighted by Gasteiger charge is -2.09. The summed E-state index contributed by atoms with van der Waals surface area (Å²) in [5, 5.41) is 7.96. The van der Waals surface area contributed by atoms with E-state index in [2.05, 4.69) is 15.8 Å². The van der Waals surface area contributed by atoms with Crippen molar-refractivity contribution in [3.05, 3.63) is 40.9 Å². The smallest absolute Gasteiger partial charge is 0.187 e. The topological polar surface area (TPSA) is 36.4 Å². The van der Waals surface area contributed by atoms with Crippen molar-refractivity contribution in [1.82, 2.24) is 10.7 Å². The number of hydrazone groups is 1. The van der Waals surface area contributed by atoms with E-state index in [9.17, 15) is 0 Å². The van der Waals surface area contributed by atoms with Crippen LogP contribution in [0.3, 0.4) is 0 Å². The summed E-state index contributed by atoms with van der Waals surface area (Å²) in [4.78, 5) is 0. The Bertz CT molecular complexity index is 441. The minimum Gasteiger partial charge on any atom is -0.359 e. The largest absolute Gasteiger partial charge is 0.359 e. The molecule has 0 saturated carbocycles. The second-order valence-electron chi connectivity index (χ2n) is 3.94. The minimum atomic E-state index is 0.274. The summed E-state index contributed by atoms with van der Waals surface area (Å²) < 4.78 is 0. The highest BCUT2D eigenvalue weighted by Gasteiger charge is 1.95. The Morgan fingerprint density at radius 3 is 2.61 bits per heavy atom. The van der Waals surface area contributed by atoms with E-state index in [0.29, 0.717) is 10.1 Å². The zero-order valence-corrected chi connectivity index (χ0v) is 11.9. The number of rotatable bonds is 4. The van der Waals surface area contributed by atoms with Crippen molar-refractivity contribution in [1.29, 1.82) is 0 Å². The number of halogens is 1. The molecule has 1 aromatic rings. The second-order valence-corrected chi connectivity index (χ2v) is 4.78. The minimum absolute atomic E-state index is 0.274. The van der Waals surface area contributed by atoms with Gasteiger partial charge in [0.1, 0.15) is 0 Å². The molecule has 0 aromatic heterocycles. The van der Waals surface area contributed by atoms with Crippen LogP contribution in [0.5, 0.6) is 0 Å². The second kappa shape index (κ2) is 7.84. The monoisotopic (exact) mass is 281 g/mol. The Morgan fingerprint density at radius 2 is 2.00 bits per heavy atom. The van der Waals surface area contributed by atoms with Crippen molar-refractivity contribution in [3.63, 3.8) is 0 Å². The van der Waals surface area contributed by atoms with Gasteiger partial charge in [-0.25, -0.2) is 0 Å². The number of hydrogen-bond acceptors (Lipinski definition) is 2. The molecule has 3 nitrogen and oxygen atoms in total. The van der Waals surface area contributed by atoms with Crippen LogP contribution < -0.4 is 10.7 Å². The molecule has 0 aliphatic heterocycles. The molecule has 0 bridgehead atoms. The third kappa shape index (κ3) is 6.37. The summed E-state index contributed by atoms with van der Waals surface area (Å²) in [6.45, 7) is 4.00. The van der Waals surface area contributed by atoms with E-state index < -0.39 is 0 Å². The molecule has 5 heteroatoms. The maximum Gasteiger partial charge on any atom is 0.187 e. The van der Waals surface area contributed by atoms with E-state index in [0.717, 1.165) is 5.56 Å². The first-order chi connectivity index (χ1) is 8.58. The lowest BCUT2D eigenvalue weighted by atomic mass is 10.2. The molecule has 0 spiro atoms. The van der Waals surface area contributed by atoms with E-state index >= 15 is 0 Å². The maximum atomic E-state index is 6.01. The Hall–Kier alpha value is -1.39. The van der Waals surface area contributed by atoms with Crippen molar-refractivity contribution >= 4 is 41.2 Å². The average molecular weight is 282 g/mol. The van der Waals surface area contributed by atoms with Crippen molar-refractivity contribution < 1.29 is 0 Å². The fourth-order valence-corrected chi connectivity index (χ4v) is 1.66. The van der Waals surface area contributed by atoms with Crippen molar-refractivity contribution in [2.24, 2.45) is 5.10 Å². The number of thiocarbonyl (C=S) groups is 1. The third-order valence-electron chi connectivity index (χ3n) is 1.88. The van der Waals surface area contributed by atoms with Gasteiger partial charge in [-0.15, -0.1) is 0 Å². The average Bonchev–Trinajstić information content (AvgIpc) is 2.29. The van der Waals surface area contributed by atoms with E-state index in [1.165, 1.54) is 6.21 Å². The quantitative estimate of drug-likeness (QED) is 0.506. The Morgan fingerprint density at radius 1 is 1.33 bits per heavy atom. The van der Waals surface area contributed by atoms with Crippen LogP contribution in [0.1, 0.15) is 19.4 Å². The molecule has 0 fully saturated rings. The van der Waals surface area contributed by atoms with Crippen LogP contribution in [-0.4, -0.2) is 17.4 Å². The summed E-state index contributed by atoms with van der Waals surface area (Å²) in [7, 11) is 0. The predicted molar refractivity (Wildman–Crippen MR) is 82.8 cm³/mol. The maximum absolute atomic E-state index is 6.01. The molecular formula is C13H16ClN3S. The van der Waals surface area contributed by atoms with Gasteiger partial charge in [0, 0.05) is 6.04 Å². The molecule has 0 aliphatic rings. The van der Waals surface area contributed by atoms with Crippen molar-refractivity contribution in [2.45, 2.75) is 19.9 Å². The van der Waals surface area contributed by atoms with Crippen LogP contribution in [0.25, 0.3) is 6.08 Å². The van der Waals surface area contributed by atoms with Crippen molar-refractivity contribution in [2.75, 3.05) is 0 Å². The lowest BCUT2D eigenvalue weighted by Crippen LogP contribution is -2.36. The molecule has 0 saturated heterocycles.